The summed E-state index contributed by atoms with van der Waals surface area (Å²) in [5.41, 5.74) is 4.25. The van der Waals surface area contributed by atoms with Gasteiger partial charge in [0.1, 0.15) is 12.6 Å². The third kappa shape index (κ3) is 4.84. The molecule has 3 N–H and O–H groups in total. The second kappa shape index (κ2) is 9.51. The van der Waals surface area contributed by atoms with Crippen molar-refractivity contribution in [3.63, 3.8) is 0 Å². The topological polar surface area (TPSA) is 144 Å². The number of hydrogen-bond donors (Lipinski definition) is 3. The molecule has 3 aromatic rings. The number of carboxylic acids is 1. The number of nitrogens with zero attached hydrogens (tertiary/aromatic N) is 2. The molecular formula is C23H22N4O6. The van der Waals surface area contributed by atoms with E-state index in [0.717, 1.165) is 28.6 Å². The molecule has 0 saturated heterocycles. The van der Waals surface area contributed by atoms with Crippen LogP contribution in [-0.2, 0) is 14.3 Å². The summed E-state index contributed by atoms with van der Waals surface area (Å²) < 4.78 is 10.1. The van der Waals surface area contributed by atoms with Gasteiger partial charge >= 0.3 is 12.1 Å². The molecule has 1 aromatic heterocycles. The Balaban J connectivity index is 1.41. The van der Waals surface area contributed by atoms with Crippen molar-refractivity contribution in [1.29, 1.82) is 0 Å². The molecule has 0 bridgehead atoms. The molecule has 0 radical (unpaired) electrons. The number of aromatic nitrogens is 2. The number of amides is 2. The molecule has 2 aromatic carbocycles. The van der Waals surface area contributed by atoms with Crippen LogP contribution in [0.25, 0.3) is 11.1 Å². The van der Waals surface area contributed by atoms with Gasteiger partial charge in [-0.25, -0.2) is 4.79 Å². The van der Waals surface area contributed by atoms with E-state index in [9.17, 15) is 19.5 Å². The minimum Gasteiger partial charge on any atom is -0.481 e. The van der Waals surface area contributed by atoms with Gasteiger partial charge < -0.3 is 25.0 Å². The Hall–Kier alpha value is -4.21. The number of rotatable bonds is 8. The summed E-state index contributed by atoms with van der Waals surface area (Å²) in [4.78, 5) is 40.1. The van der Waals surface area contributed by atoms with Crippen LogP contribution >= 0.6 is 0 Å². The van der Waals surface area contributed by atoms with E-state index in [1.54, 1.807) is 6.92 Å². The second-order valence-electron chi connectivity index (χ2n) is 7.64. The predicted octanol–water partition coefficient (Wildman–Crippen LogP) is 2.63. The molecule has 1 aliphatic carbocycles. The van der Waals surface area contributed by atoms with E-state index in [2.05, 4.69) is 25.3 Å². The van der Waals surface area contributed by atoms with Gasteiger partial charge in [0.2, 0.25) is 12.3 Å². The van der Waals surface area contributed by atoms with Crippen molar-refractivity contribution in [3.05, 3.63) is 71.9 Å². The minimum absolute atomic E-state index is 0.0422. The molecule has 4 rings (SSSR count). The van der Waals surface area contributed by atoms with E-state index in [1.165, 1.54) is 0 Å². The van der Waals surface area contributed by atoms with Crippen LogP contribution in [0.4, 0.5) is 4.79 Å². The Bertz CT molecular complexity index is 1120. The van der Waals surface area contributed by atoms with Gasteiger partial charge in [0.05, 0.1) is 12.5 Å². The lowest BCUT2D eigenvalue weighted by Gasteiger charge is -2.20. The van der Waals surface area contributed by atoms with Crippen LogP contribution in [0.15, 0.2) is 59.4 Å². The smallest absolute Gasteiger partial charge is 0.407 e. The normalized spacial score (nSPS) is 14.0. The van der Waals surface area contributed by atoms with Crippen LogP contribution < -0.4 is 10.6 Å². The molecule has 0 saturated carbocycles. The van der Waals surface area contributed by atoms with Gasteiger partial charge in [-0.2, -0.15) is 4.98 Å². The number of carbonyl (C=O) groups excluding carboxylic acids is 2. The van der Waals surface area contributed by atoms with Crippen molar-refractivity contribution in [2.75, 3.05) is 6.61 Å². The summed E-state index contributed by atoms with van der Waals surface area (Å²) in [6.07, 6.45) is -0.387. The van der Waals surface area contributed by atoms with Gasteiger partial charge in [0.15, 0.2) is 5.82 Å². The average Bonchev–Trinajstić information content (AvgIpc) is 3.44. The van der Waals surface area contributed by atoms with Crippen molar-refractivity contribution in [2.24, 2.45) is 0 Å². The van der Waals surface area contributed by atoms with Gasteiger partial charge in [0, 0.05) is 5.92 Å². The average molecular weight is 450 g/mol. The molecule has 0 spiro atoms. The van der Waals surface area contributed by atoms with Crippen LogP contribution in [0, 0.1) is 0 Å². The van der Waals surface area contributed by atoms with Crippen molar-refractivity contribution >= 4 is 18.0 Å². The fraction of sp³-hybridized carbons (Fsp3) is 0.261. The maximum absolute atomic E-state index is 12.6. The molecule has 2 amide bonds. The van der Waals surface area contributed by atoms with Crippen molar-refractivity contribution in [3.8, 4) is 11.1 Å². The first kappa shape index (κ1) is 22.0. The number of carboxylic acid groups (broad SMARTS) is 1. The van der Waals surface area contributed by atoms with Gasteiger partial charge in [-0.05, 0) is 29.2 Å². The first-order chi connectivity index (χ1) is 15.9. The Morgan fingerprint density at radius 2 is 1.70 bits per heavy atom. The quantitative estimate of drug-likeness (QED) is 0.475. The number of hydrogen-bond acceptors (Lipinski definition) is 7. The summed E-state index contributed by atoms with van der Waals surface area (Å²) in [6, 6.07) is 13.8. The molecular weight excluding hydrogens is 428 g/mol. The Labute approximate surface area is 189 Å². The molecule has 2 atom stereocenters. The minimum atomic E-state index is -1.34. The highest BCUT2D eigenvalue weighted by molar-refractivity contribution is 5.89. The number of carbonyl (C=O) groups is 3. The standard InChI is InChI=1S/C23H22N4O6/c1-13(21-24-12-33-27-21)25-22(30)19(10-20(28)29)26-23(31)32-11-18-16-8-4-2-6-14(16)15-7-3-5-9-17(15)18/h2-9,12-13,18-19H,10-11H2,1H3,(H,25,30)(H,26,31)(H,28,29). The number of alkyl carbamates (subject to hydrolysis) is 1. The first-order valence-corrected chi connectivity index (χ1v) is 10.3. The molecule has 10 nitrogen and oxygen atoms in total. The summed E-state index contributed by atoms with van der Waals surface area (Å²) in [5.74, 6) is -1.89. The fourth-order valence-corrected chi connectivity index (χ4v) is 3.91. The lowest BCUT2D eigenvalue weighted by Crippen LogP contribution is -2.48. The zero-order valence-electron chi connectivity index (χ0n) is 17.7. The van der Waals surface area contributed by atoms with Crippen LogP contribution in [0.5, 0.6) is 0 Å². The zero-order chi connectivity index (χ0) is 23.4. The number of nitrogens with one attached hydrogen (secondary N) is 2. The number of fused-ring (bicyclic) bond motifs is 3. The van der Waals surface area contributed by atoms with Crippen molar-refractivity contribution in [1.82, 2.24) is 20.8 Å². The van der Waals surface area contributed by atoms with Gasteiger partial charge in [0.25, 0.3) is 0 Å². The molecule has 33 heavy (non-hydrogen) atoms. The molecule has 0 aliphatic heterocycles. The third-order valence-corrected chi connectivity index (χ3v) is 5.46. The lowest BCUT2D eigenvalue weighted by molar-refractivity contribution is -0.140. The highest BCUT2D eigenvalue weighted by Crippen LogP contribution is 2.44. The Kier molecular flexibility index (Phi) is 6.34. The van der Waals surface area contributed by atoms with E-state index < -0.39 is 36.5 Å². The van der Waals surface area contributed by atoms with E-state index in [0.29, 0.717) is 0 Å². The molecule has 170 valence electrons. The molecule has 1 aliphatic rings. The van der Waals surface area contributed by atoms with Gasteiger partial charge in [-0.1, -0.05) is 53.7 Å². The fourth-order valence-electron chi connectivity index (χ4n) is 3.91. The summed E-state index contributed by atoms with van der Waals surface area (Å²) in [6.45, 7) is 1.65. The van der Waals surface area contributed by atoms with E-state index >= 15 is 0 Å². The number of benzene rings is 2. The number of aliphatic carboxylic acids is 1. The molecule has 1 heterocycles. The van der Waals surface area contributed by atoms with E-state index in [1.807, 2.05) is 48.5 Å². The summed E-state index contributed by atoms with van der Waals surface area (Å²) in [7, 11) is 0. The summed E-state index contributed by atoms with van der Waals surface area (Å²) >= 11 is 0. The lowest BCUT2D eigenvalue weighted by atomic mass is 9.98. The molecule has 10 heteroatoms. The second-order valence-corrected chi connectivity index (χ2v) is 7.64. The van der Waals surface area contributed by atoms with Crippen LogP contribution in [0.3, 0.4) is 0 Å². The predicted molar refractivity (Wildman–Crippen MR) is 115 cm³/mol. The third-order valence-electron chi connectivity index (χ3n) is 5.46. The number of ether oxygens (including phenoxy) is 1. The molecule has 0 fully saturated rings. The van der Waals surface area contributed by atoms with E-state index in [4.69, 9.17) is 4.74 Å². The monoisotopic (exact) mass is 450 g/mol. The van der Waals surface area contributed by atoms with Gasteiger partial charge in [-0.15, -0.1) is 0 Å². The largest absolute Gasteiger partial charge is 0.481 e. The van der Waals surface area contributed by atoms with Crippen molar-refractivity contribution < 1.29 is 28.8 Å². The Morgan fingerprint density at radius 3 is 2.27 bits per heavy atom. The summed E-state index contributed by atoms with van der Waals surface area (Å²) in [5, 5.41) is 17.7. The highest BCUT2D eigenvalue weighted by Gasteiger charge is 2.30. The van der Waals surface area contributed by atoms with Gasteiger partial charge in [-0.3, -0.25) is 9.59 Å². The first-order valence-electron chi connectivity index (χ1n) is 10.3. The maximum atomic E-state index is 12.6. The zero-order valence-corrected chi connectivity index (χ0v) is 17.7. The SMILES string of the molecule is CC(NC(=O)C(CC(=O)O)NC(=O)OCC1c2ccccc2-c2ccccc21)c1ncon1. The van der Waals surface area contributed by atoms with Crippen molar-refractivity contribution in [2.45, 2.75) is 31.3 Å². The van der Waals surface area contributed by atoms with E-state index in [-0.39, 0.29) is 18.3 Å². The molecule has 2 unspecified atom stereocenters. The van der Waals surface area contributed by atoms with Crippen LogP contribution in [0.2, 0.25) is 0 Å². The highest BCUT2D eigenvalue weighted by atomic mass is 16.5. The van der Waals surface area contributed by atoms with Crippen LogP contribution in [-0.4, -0.2) is 45.9 Å². The van der Waals surface area contributed by atoms with Crippen LogP contribution in [0.1, 0.15) is 42.3 Å². The maximum Gasteiger partial charge on any atom is 0.407 e. The Morgan fingerprint density at radius 1 is 1.06 bits per heavy atom.